The summed E-state index contributed by atoms with van der Waals surface area (Å²) in [4.78, 5) is 15.1. The Labute approximate surface area is 481 Å². The fraction of sp³-hybridized carbons (Fsp3) is 0.148. The highest BCUT2D eigenvalue weighted by atomic mass is 19.2. The van der Waals surface area contributed by atoms with Gasteiger partial charge >= 0.3 is 0 Å². The van der Waals surface area contributed by atoms with E-state index in [2.05, 4.69) is 0 Å². The number of amides is 1. The minimum Gasteiger partial charge on any atom is -0.418 e. The zero-order valence-corrected chi connectivity index (χ0v) is 44.0. The summed E-state index contributed by atoms with van der Waals surface area (Å²) >= 11 is 0. The number of carbonyl (C=O) groups is 1. The van der Waals surface area contributed by atoms with E-state index >= 15 is 132 Å². The molecule has 0 fully saturated rings. The maximum absolute atomic E-state index is 17.3. The van der Waals surface area contributed by atoms with Crippen LogP contribution in [-0.2, 0) is 0 Å². The van der Waals surface area contributed by atoms with Gasteiger partial charge in [0.1, 0.15) is 69.8 Å². The van der Waals surface area contributed by atoms with Gasteiger partial charge in [-0.05, 0) is 37.1 Å². The van der Waals surface area contributed by atoms with Crippen molar-refractivity contribution in [2.24, 2.45) is 0 Å². The third-order valence-corrected chi connectivity index (χ3v) is 14.9. The molecule has 1 heterocycles. The average molecular weight is 1320 g/mol. The molecule has 90 heavy (non-hydrogen) atoms. The van der Waals surface area contributed by atoms with Crippen LogP contribution in [0.2, 0.25) is 0 Å². The molecule has 0 aliphatic heterocycles. The molecule has 0 aliphatic rings. The van der Waals surface area contributed by atoms with Crippen LogP contribution in [0.5, 0.6) is 0 Å². The van der Waals surface area contributed by atoms with Crippen molar-refractivity contribution in [1.29, 1.82) is 0 Å². The van der Waals surface area contributed by atoms with E-state index in [-0.39, 0.29) is 50.2 Å². The van der Waals surface area contributed by atoms with Gasteiger partial charge in [-0.3, -0.25) is 4.79 Å². The van der Waals surface area contributed by atoms with E-state index in [0.717, 1.165) is 4.90 Å². The number of carbonyl (C=O) groups excluding carboxylic acids is 1. The molecule has 7 aromatic carbocycles. The molecule has 0 spiro atoms. The Hall–Kier alpha value is -8.75. The summed E-state index contributed by atoms with van der Waals surface area (Å²) in [5, 5.41) is 0. The first-order valence-corrected chi connectivity index (χ1v) is 25.0. The lowest BCUT2D eigenvalue weighted by atomic mass is 9.22. The van der Waals surface area contributed by atoms with Crippen LogP contribution in [0.15, 0.2) is 36.7 Å². The summed E-state index contributed by atoms with van der Waals surface area (Å²) in [6.07, 6.45) is -16.3. The molecule has 0 N–H and O–H groups in total. The van der Waals surface area contributed by atoms with Crippen molar-refractivity contribution >= 4 is 51.2 Å². The Bertz CT molecular complexity index is 3600. The Morgan fingerprint density at radius 3 is 0.800 bits per heavy atom. The van der Waals surface area contributed by atoms with Crippen molar-refractivity contribution in [2.75, 3.05) is 13.1 Å². The second kappa shape index (κ2) is 24.2. The largest absolute Gasteiger partial charge is 0.418 e. The highest BCUT2D eigenvalue weighted by molar-refractivity contribution is 7.11. The van der Waals surface area contributed by atoms with Gasteiger partial charge in [-0.15, -0.1) is 0 Å². The van der Waals surface area contributed by atoms with E-state index in [0.29, 0.717) is 12.8 Å². The van der Waals surface area contributed by atoms with Gasteiger partial charge in [-0.1, -0.05) is 59.5 Å². The van der Waals surface area contributed by atoms with Gasteiger partial charge in [0, 0.05) is 18.7 Å². The van der Waals surface area contributed by atoms with Gasteiger partial charge in [-0.2, -0.15) is 0 Å². The van der Waals surface area contributed by atoms with Crippen molar-refractivity contribution in [3.05, 3.63) is 217 Å². The van der Waals surface area contributed by atoms with Gasteiger partial charge in [0.2, 0.25) is 0 Å². The molecule has 4 nitrogen and oxygen atoms in total. The van der Waals surface area contributed by atoms with Crippen LogP contribution in [0.4, 0.5) is 132 Å². The molecule has 0 saturated heterocycles. The van der Waals surface area contributed by atoms with Crippen molar-refractivity contribution < 1.29 is 141 Å². The SMILES string of the molecule is CCCCN(CCCC)C(=O)c1ccc(-c2n([B-](c3c(F)c(F)c(F)c(F)c3F)(c3c(F)c(F)c(F)c(F)c3F)c3c(F)c(F)c(F)c(F)c3F)cc[n+]2[B-](c2c(F)c(F)c(F)c(F)c2F)(c2c(F)c(F)c(F)c(F)c2F)c2c(F)c(F)c(F)c(F)c2F)cc1. The monoisotopic (exact) mass is 1320 g/mol. The Morgan fingerprint density at radius 1 is 0.344 bits per heavy atom. The lowest BCUT2D eigenvalue weighted by Gasteiger charge is -2.44. The van der Waals surface area contributed by atoms with Gasteiger partial charge in [0.15, 0.2) is 111 Å². The highest BCUT2D eigenvalue weighted by Gasteiger charge is 2.59. The number of hydrogen-bond donors (Lipinski definition) is 0. The summed E-state index contributed by atoms with van der Waals surface area (Å²) in [5.74, 6) is -118. The second-order valence-electron chi connectivity index (χ2n) is 19.6. The Morgan fingerprint density at radius 2 is 0.567 bits per heavy atom. The predicted octanol–water partition coefficient (Wildman–Crippen LogP) is 11.7. The van der Waals surface area contributed by atoms with Gasteiger partial charge in [-0.25, -0.2) is 132 Å². The van der Waals surface area contributed by atoms with Crippen LogP contribution >= 0.6 is 0 Å². The molecule has 8 aromatic rings. The van der Waals surface area contributed by atoms with E-state index in [1.807, 2.05) is 0 Å². The summed E-state index contributed by atoms with van der Waals surface area (Å²) in [6, 6.07) is 0.497. The molecule has 36 heteroatoms. The number of nitrogens with zero attached hydrogens (tertiary/aromatic N) is 3. The second-order valence-corrected chi connectivity index (χ2v) is 19.6. The summed E-state index contributed by atoms with van der Waals surface area (Å²) < 4.78 is 488. The third kappa shape index (κ3) is 9.48. The van der Waals surface area contributed by atoms with Gasteiger partial charge in [0.25, 0.3) is 18.5 Å². The molecule has 478 valence electrons. The van der Waals surface area contributed by atoms with E-state index < -0.39 is 264 Å². The minimum absolute atomic E-state index is 0.0275. The molecule has 0 radical (unpaired) electrons. The number of benzene rings is 7. The number of halogens is 30. The number of imidazole rings is 1. The van der Waals surface area contributed by atoms with Crippen LogP contribution < -0.4 is 37.3 Å². The van der Waals surface area contributed by atoms with Crippen molar-refractivity contribution in [2.45, 2.75) is 39.5 Å². The van der Waals surface area contributed by atoms with Crippen molar-refractivity contribution in [3.63, 3.8) is 0 Å². The standard InChI is InChI=1S/C54H24B2F30N3O/c1-3-5-11-87(12-6-4-2)54(90)16-9-7-15(8-10-16)53-88(55(17-23(57)35(69)47(81)36(70)24(17)58,18-25(59)37(71)48(82)38(72)26(18)60)19-27(61)39(73)49(83)40(74)28(19)62)13-14-89(53)56(20-29(63)41(75)50(84)42(76)30(20)64,21-31(65)43(77)51(85)44(78)32(21)66)22-33(67)45(79)52(86)46(80)34(22)68/h7-10,13-14H,3-6,11-12H2,1-2H3/q-1. The minimum atomic E-state index is -7.66. The normalized spacial score (nSPS) is 12.1. The van der Waals surface area contributed by atoms with Gasteiger partial charge < -0.3 is 13.9 Å². The smallest absolute Gasteiger partial charge is 0.289 e. The van der Waals surface area contributed by atoms with Crippen LogP contribution in [0, 0.1) is 175 Å². The maximum Gasteiger partial charge on any atom is 0.289 e. The summed E-state index contributed by atoms with van der Waals surface area (Å²) in [7, 11) is 0. The summed E-state index contributed by atoms with van der Waals surface area (Å²) in [6.45, 7) is 2.77. The average Bonchev–Trinajstić information content (AvgIpc) is 1.21. The maximum atomic E-state index is 17.3. The molecule has 1 amide bonds. The first-order valence-electron chi connectivity index (χ1n) is 25.0. The summed E-state index contributed by atoms with van der Waals surface area (Å²) in [5.41, 5.74) is -25.3. The van der Waals surface area contributed by atoms with Crippen LogP contribution in [0.1, 0.15) is 49.9 Å². The molecular weight excluding hydrogens is 1300 g/mol. The fourth-order valence-corrected chi connectivity index (χ4v) is 10.9. The Kier molecular flexibility index (Phi) is 18.1. The van der Waals surface area contributed by atoms with Crippen LogP contribution in [-0.4, -0.2) is 40.9 Å². The lowest BCUT2D eigenvalue weighted by Crippen LogP contribution is -2.89. The molecule has 0 aliphatic carbocycles. The third-order valence-electron chi connectivity index (χ3n) is 14.9. The van der Waals surface area contributed by atoms with E-state index in [9.17, 15) is 4.79 Å². The fourth-order valence-electron chi connectivity index (χ4n) is 10.9. The predicted molar refractivity (Wildman–Crippen MR) is 253 cm³/mol. The lowest BCUT2D eigenvalue weighted by molar-refractivity contribution is -0.526. The Balaban J connectivity index is 1.90. The molecular formula is C54H24B2F30N3O-. The van der Waals surface area contributed by atoms with E-state index in [1.54, 1.807) is 13.8 Å². The van der Waals surface area contributed by atoms with Crippen molar-refractivity contribution in [3.8, 4) is 11.4 Å². The van der Waals surface area contributed by atoms with Crippen LogP contribution in [0.25, 0.3) is 11.4 Å². The molecule has 1 aromatic heterocycles. The molecule has 8 rings (SSSR count). The molecule has 0 saturated carbocycles. The number of unbranched alkanes of at least 4 members (excludes halogenated alkanes) is 2. The van der Waals surface area contributed by atoms with Crippen molar-refractivity contribution in [1.82, 2.24) is 9.38 Å². The zero-order valence-electron chi connectivity index (χ0n) is 44.0. The topological polar surface area (TPSA) is 29.1 Å². The molecule has 0 atom stereocenters. The highest BCUT2D eigenvalue weighted by Crippen LogP contribution is 2.35. The van der Waals surface area contributed by atoms with E-state index in [1.165, 1.54) is 0 Å². The number of rotatable bonds is 16. The van der Waals surface area contributed by atoms with Gasteiger partial charge in [0.05, 0.1) is 18.0 Å². The zero-order chi connectivity index (χ0) is 67.3. The molecule has 0 unspecified atom stereocenters. The van der Waals surface area contributed by atoms with E-state index in [4.69, 9.17) is 0 Å². The first kappa shape index (κ1) is 67.2. The van der Waals surface area contributed by atoms with Crippen LogP contribution in [0.3, 0.4) is 0 Å². The number of hydrogen-bond acceptors (Lipinski definition) is 1. The quantitative estimate of drug-likeness (QED) is 0.0410. The molecule has 0 bridgehead atoms. The first-order chi connectivity index (χ1) is 42.1. The number of aromatic nitrogens is 2.